The van der Waals surface area contributed by atoms with Crippen LogP contribution in [0.2, 0.25) is 0 Å². The van der Waals surface area contributed by atoms with E-state index in [1.807, 2.05) is 43.0 Å². The molecule has 1 heterocycles. The van der Waals surface area contributed by atoms with Gasteiger partial charge in [-0.3, -0.25) is 4.79 Å². The Bertz CT molecular complexity index is 736. The molecule has 0 fully saturated rings. The second-order valence-corrected chi connectivity index (χ2v) is 7.65. The third kappa shape index (κ3) is 6.37. The minimum atomic E-state index is 0.0811. The molecule has 2 aromatic rings. The summed E-state index contributed by atoms with van der Waals surface area (Å²) in [5, 5.41) is 8.83. The third-order valence-electron chi connectivity index (χ3n) is 4.62. The highest BCUT2D eigenvalue weighted by atomic mass is 32.1. The lowest BCUT2D eigenvalue weighted by atomic mass is 10.1. The van der Waals surface area contributed by atoms with Crippen LogP contribution in [0, 0.1) is 0 Å². The summed E-state index contributed by atoms with van der Waals surface area (Å²) in [5.74, 6) is 1.33. The molecule has 0 spiro atoms. The SMILES string of the molecule is CCNC(=NCc1ccc(C(=O)N(CC)CC)cc1)NCC(C)c1cccs1. The quantitative estimate of drug-likeness (QED) is 0.492. The van der Waals surface area contributed by atoms with Gasteiger partial charge in [-0.2, -0.15) is 0 Å². The number of nitrogens with one attached hydrogen (secondary N) is 2. The standard InChI is InChI=1S/C22H32N4OS/c1-5-23-22(24-15-17(4)20-9-8-14-28-20)25-16-18-10-12-19(13-11-18)21(27)26(6-2)7-3/h8-14,17H,5-7,15-16H2,1-4H3,(H2,23,24,25). The summed E-state index contributed by atoms with van der Waals surface area (Å²) < 4.78 is 0. The molecule has 1 aromatic carbocycles. The number of benzene rings is 1. The van der Waals surface area contributed by atoms with Crippen molar-refractivity contribution in [1.29, 1.82) is 0 Å². The minimum Gasteiger partial charge on any atom is -0.357 e. The van der Waals surface area contributed by atoms with Crippen molar-refractivity contribution >= 4 is 23.2 Å². The van der Waals surface area contributed by atoms with Gasteiger partial charge in [0.05, 0.1) is 6.54 Å². The average molecular weight is 401 g/mol. The molecule has 0 radical (unpaired) electrons. The topological polar surface area (TPSA) is 56.7 Å². The van der Waals surface area contributed by atoms with E-state index in [1.165, 1.54) is 4.88 Å². The number of carbonyl (C=O) groups excluding carboxylic acids is 1. The van der Waals surface area contributed by atoms with Crippen LogP contribution in [0.1, 0.15) is 54.4 Å². The van der Waals surface area contributed by atoms with Crippen molar-refractivity contribution < 1.29 is 4.79 Å². The van der Waals surface area contributed by atoms with Gasteiger partial charge in [-0.15, -0.1) is 11.3 Å². The fourth-order valence-electron chi connectivity index (χ4n) is 2.88. The Hall–Kier alpha value is -2.34. The van der Waals surface area contributed by atoms with Crippen LogP contribution in [0.15, 0.2) is 46.8 Å². The first-order valence-electron chi connectivity index (χ1n) is 10.0. The summed E-state index contributed by atoms with van der Waals surface area (Å²) in [5.41, 5.74) is 1.81. The zero-order valence-electron chi connectivity index (χ0n) is 17.4. The zero-order chi connectivity index (χ0) is 20.4. The summed E-state index contributed by atoms with van der Waals surface area (Å²) in [6.07, 6.45) is 0. The van der Waals surface area contributed by atoms with Gasteiger partial charge in [-0.1, -0.05) is 25.1 Å². The van der Waals surface area contributed by atoms with Crippen LogP contribution >= 0.6 is 11.3 Å². The molecule has 1 unspecified atom stereocenters. The van der Waals surface area contributed by atoms with Crippen molar-refractivity contribution in [3.05, 3.63) is 57.8 Å². The van der Waals surface area contributed by atoms with Crippen LogP contribution in [-0.2, 0) is 6.54 Å². The Labute approximate surface area is 172 Å². The van der Waals surface area contributed by atoms with E-state index >= 15 is 0 Å². The number of carbonyl (C=O) groups is 1. The Balaban J connectivity index is 1.95. The molecule has 2 N–H and O–H groups in total. The smallest absolute Gasteiger partial charge is 0.253 e. The summed E-state index contributed by atoms with van der Waals surface area (Å²) in [7, 11) is 0. The highest BCUT2D eigenvalue weighted by Gasteiger charge is 2.12. The van der Waals surface area contributed by atoms with Gasteiger partial charge in [0, 0.05) is 42.5 Å². The largest absolute Gasteiger partial charge is 0.357 e. The van der Waals surface area contributed by atoms with Crippen molar-refractivity contribution in [3.8, 4) is 0 Å². The molecule has 6 heteroatoms. The zero-order valence-corrected chi connectivity index (χ0v) is 18.2. The predicted octanol–water partition coefficient (Wildman–Crippen LogP) is 4.09. The molecule has 28 heavy (non-hydrogen) atoms. The van der Waals surface area contributed by atoms with E-state index in [0.717, 1.165) is 43.3 Å². The van der Waals surface area contributed by atoms with E-state index in [2.05, 4.69) is 47.0 Å². The fourth-order valence-corrected chi connectivity index (χ4v) is 3.67. The number of nitrogens with zero attached hydrogens (tertiary/aromatic N) is 2. The molecule has 152 valence electrons. The van der Waals surface area contributed by atoms with Crippen LogP contribution in [0.5, 0.6) is 0 Å². The highest BCUT2D eigenvalue weighted by molar-refractivity contribution is 7.10. The number of thiophene rings is 1. The van der Waals surface area contributed by atoms with E-state index in [-0.39, 0.29) is 5.91 Å². The summed E-state index contributed by atoms with van der Waals surface area (Å²) in [6, 6.07) is 12.0. The second-order valence-electron chi connectivity index (χ2n) is 6.67. The van der Waals surface area contributed by atoms with Gasteiger partial charge in [-0.05, 0) is 49.9 Å². The summed E-state index contributed by atoms with van der Waals surface area (Å²) in [6.45, 7) is 12.0. The maximum atomic E-state index is 12.4. The van der Waals surface area contributed by atoms with Crippen LogP contribution in [0.25, 0.3) is 0 Å². The molecular weight excluding hydrogens is 368 g/mol. The number of guanidine groups is 1. The van der Waals surface area contributed by atoms with E-state index in [1.54, 1.807) is 11.3 Å². The average Bonchev–Trinajstić information content (AvgIpc) is 3.26. The minimum absolute atomic E-state index is 0.0811. The molecule has 0 saturated carbocycles. The van der Waals surface area contributed by atoms with Crippen molar-refractivity contribution in [3.63, 3.8) is 0 Å². The number of hydrogen-bond acceptors (Lipinski definition) is 3. The lowest BCUT2D eigenvalue weighted by molar-refractivity contribution is 0.0773. The molecule has 1 aromatic heterocycles. The molecule has 0 aliphatic carbocycles. The Morgan fingerprint density at radius 2 is 1.82 bits per heavy atom. The van der Waals surface area contributed by atoms with Crippen LogP contribution in [0.4, 0.5) is 0 Å². The first kappa shape index (κ1) is 22.0. The van der Waals surface area contributed by atoms with Gasteiger partial charge in [-0.25, -0.2) is 4.99 Å². The van der Waals surface area contributed by atoms with Crippen LogP contribution < -0.4 is 10.6 Å². The second kappa shape index (κ2) is 11.5. The maximum Gasteiger partial charge on any atom is 0.253 e. The molecule has 1 amide bonds. The van der Waals surface area contributed by atoms with E-state index in [0.29, 0.717) is 12.5 Å². The van der Waals surface area contributed by atoms with Crippen LogP contribution in [-0.4, -0.2) is 42.9 Å². The Morgan fingerprint density at radius 1 is 1.11 bits per heavy atom. The van der Waals surface area contributed by atoms with Crippen molar-refractivity contribution in [1.82, 2.24) is 15.5 Å². The first-order chi connectivity index (χ1) is 13.6. The maximum absolute atomic E-state index is 12.4. The molecule has 0 saturated heterocycles. The van der Waals surface area contributed by atoms with E-state index in [9.17, 15) is 4.79 Å². The molecule has 2 rings (SSSR count). The lowest BCUT2D eigenvalue weighted by Crippen LogP contribution is -2.39. The van der Waals surface area contributed by atoms with E-state index < -0.39 is 0 Å². The fraction of sp³-hybridized carbons (Fsp3) is 0.455. The monoisotopic (exact) mass is 400 g/mol. The molecule has 0 aliphatic rings. The van der Waals surface area contributed by atoms with E-state index in [4.69, 9.17) is 0 Å². The molecule has 0 bridgehead atoms. The summed E-state index contributed by atoms with van der Waals surface area (Å²) >= 11 is 1.78. The van der Waals surface area contributed by atoms with Gasteiger partial charge in [0.15, 0.2) is 5.96 Å². The third-order valence-corrected chi connectivity index (χ3v) is 5.72. The molecule has 0 aliphatic heterocycles. The molecular formula is C22H32N4OS. The highest BCUT2D eigenvalue weighted by Crippen LogP contribution is 2.19. The number of amides is 1. The van der Waals surface area contributed by atoms with Gasteiger partial charge < -0.3 is 15.5 Å². The number of rotatable bonds is 9. The van der Waals surface area contributed by atoms with Crippen molar-refractivity contribution in [2.75, 3.05) is 26.2 Å². The van der Waals surface area contributed by atoms with Gasteiger partial charge in [0.1, 0.15) is 0 Å². The normalized spacial score (nSPS) is 12.5. The molecule has 5 nitrogen and oxygen atoms in total. The molecule has 1 atom stereocenters. The van der Waals surface area contributed by atoms with Gasteiger partial charge in [0.2, 0.25) is 0 Å². The van der Waals surface area contributed by atoms with Gasteiger partial charge >= 0.3 is 0 Å². The van der Waals surface area contributed by atoms with Crippen LogP contribution in [0.3, 0.4) is 0 Å². The Morgan fingerprint density at radius 3 is 2.39 bits per heavy atom. The predicted molar refractivity (Wildman–Crippen MR) is 119 cm³/mol. The van der Waals surface area contributed by atoms with Crippen molar-refractivity contribution in [2.24, 2.45) is 4.99 Å². The van der Waals surface area contributed by atoms with Crippen molar-refractivity contribution in [2.45, 2.75) is 40.2 Å². The first-order valence-corrected chi connectivity index (χ1v) is 10.9. The van der Waals surface area contributed by atoms with Gasteiger partial charge in [0.25, 0.3) is 5.91 Å². The number of hydrogen-bond donors (Lipinski definition) is 2. The number of aliphatic imine (C=N–C) groups is 1. The lowest BCUT2D eigenvalue weighted by Gasteiger charge is -2.18. The summed E-state index contributed by atoms with van der Waals surface area (Å²) in [4.78, 5) is 20.3. The Kier molecular flexibility index (Phi) is 9.01.